The summed E-state index contributed by atoms with van der Waals surface area (Å²) in [6, 6.07) is 2.18. The number of likely N-dealkylation sites (tertiary alicyclic amines) is 1. The van der Waals surface area contributed by atoms with Gasteiger partial charge in [-0.05, 0) is 56.6 Å². The number of thiophene rings is 1. The van der Waals surface area contributed by atoms with Crippen molar-refractivity contribution in [1.29, 1.82) is 0 Å². The molecular weight excluding hydrogens is 242 g/mol. The molecule has 0 bridgehead atoms. The van der Waals surface area contributed by atoms with Gasteiger partial charge in [-0.3, -0.25) is 4.79 Å². The van der Waals surface area contributed by atoms with Crippen LogP contribution in [0.15, 0.2) is 6.07 Å². The van der Waals surface area contributed by atoms with Crippen LogP contribution in [0.1, 0.15) is 58.6 Å². The van der Waals surface area contributed by atoms with E-state index in [4.69, 9.17) is 0 Å². The largest absolute Gasteiger partial charge is 0.338 e. The van der Waals surface area contributed by atoms with Crippen LogP contribution in [0.4, 0.5) is 0 Å². The number of rotatable bonds is 1. The Morgan fingerprint density at radius 2 is 1.72 bits per heavy atom. The summed E-state index contributed by atoms with van der Waals surface area (Å²) in [4.78, 5) is 17.0. The second-order valence-corrected chi connectivity index (χ2v) is 6.61. The molecule has 2 nitrogen and oxygen atoms in total. The van der Waals surface area contributed by atoms with Crippen molar-refractivity contribution in [2.45, 2.75) is 51.4 Å². The number of hydrogen-bond acceptors (Lipinski definition) is 2. The summed E-state index contributed by atoms with van der Waals surface area (Å²) in [6.45, 7) is 1.92. The molecule has 1 amide bonds. The van der Waals surface area contributed by atoms with Crippen LogP contribution >= 0.6 is 11.3 Å². The van der Waals surface area contributed by atoms with Gasteiger partial charge in [0.2, 0.25) is 0 Å². The summed E-state index contributed by atoms with van der Waals surface area (Å²) >= 11 is 1.76. The summed E-state index contributed by atoms with van der Waals surface area (Å²) in [5.41, 5.74) is 1.46. The van der Waals surface area contributed by atoms with Crippen LogP contribution in [0.3, 0.4) is 0 Å². The van der Waals surface area contributed by atoms with Crippen LogP contribution in [-0.4, -0.2) is 23.9 Å². The van der Waals surface area contributed by atoms with E-state index in [0.717, 1.165) is 18.0 Å². The van der Waals surface area contributed by atoms with Gasteiger partial charge in [-0.2, -0.15) is 0 Å². The molecular formula is C15H21NOS. The number of piperidine rings is 1. The minimum Gasteiger partial charge on any atom is -0.338 e. The van der Waals surface area contributed by atoms with Crippen LogP contribution in [-0.2, 0) is 12.8 Å². The van der Waals surface area contributed by atoms with Crippen molar-refractivity contribution in [2.75, 3.05) is 13.1 Å². The van der Waals surface area contributed by atoms with Crippen molar-refractivity contribution in [1.82, 2.24) is 4.90 Å². The van der Waals surface area contributed by atoms with E-state index < -0.39 is 0 Å². The second kappa shape index (κ2) is 5.43. The Kier molecular flexibility index (Phi) is 3.69. The van der Waals surface area contributed by atoms with Gasteiger partial charge in [0.1, 0.15) is 0 Å². The Hall–Kier alpha value is -0.830. The molecule has 1 aromatic heterocycles. The quantitative estimate of drug-likeness (QED) is 0.708. The first-order valence-corrected chi connectivity index (χ1v) is 8.07. The van der Waals surface area contributed by atoms with Crippen molar-refractivity contribution in [3.8, 4) is 0 Å². The van der Waals surface area contributed by atoms with Gasteiger partial charge in [0.15, 0.2) is 0 Å². The van der Waals surface area contributed by atoms with Crippen molar-refractivity contribution >= 4 is 17.2 Å². The molecule has 98 valence electrons. The van der Waals surface area contributed by atoms with E-state index in [1.54, 1.807) is 11.3 Å². The van der Waals surface area contributed by atoms with Crippen LogP contribution < -0.4 is 0 Å². The molecule has 1 saturated heterocycles. The lowest BCUT2D eigenvalue weighted by Crippen LogP contribution is -2.35. The SMILES string of the molecule is O=C(c1cc2c(s1)CCCCC2)N1CCCCC1. The maximum atomic E-state index is 12.4. The Morgan fingerprint density at radius 1 is 1.00 bits per heavy atom. The van der Waals surface area contributed by atoms with E-state index in [1.807, 2.05) is 0 Å². The van der Waals surface area contributed by atoms with E-state index in [1.165, 1.54) is 61.8 Å². The van der Waals surface area contributed by atoms with Crippen molar-refractivity contribution in [3.63, 3.8) is 0 Å². The molecule has 0 unspecified atom stereocenters. The summed E-state index contributed by atoms with van der Waals surface area (Å²) < 4.78 is 0. The minimum absolute atomic E-state index is 0.285. The highest BCUT2D eigenvalue weighted by molar-refractivity contribution is 7.14. The zero-order valence-electron chi connectivity index (χ0n) is 10.9. The first-order valence-electron chi connectivity index (χ1n) is 7.25. The number of aryl methyl sites for hydroxylation is 2. The summed E-state index contributed by atoms with van der Waals surface area (Å²) in [6.07, 6.45) is 9.94. The van der Waals surface area contributed by atoms with Crippen LogP contribution in [0.2, 0.25) is 0 Å². The van der Waals surface area contributed by atoms with Gasteiger partial charge in [-0.15, -0.1) is 11.3 Å². The van der Waals surface area contributed by atoms with E-state index in [-0.39, 0.29) is 5.91 Å². The third-order valence-corrected chi connectivity index (χ3v) is 5.33. The average Bonchev–Trinajstić information content (AvgIpc) is 2.70. The first-order chi connectivity index (χ1) is 8.84. The molecule has 0 N–H and O–H groups in total. The third-order valence-electron chi connectivity index (χ3n) is 4.10. The number of amides is 1. The van der Waals surface area contributed by atoms with Gasteiger partial charge < -0.3 is 4.90 Å². The maximum absolute atomic E-state index is 12.4. The van der Waals surface area contributed by atoms with Gasteiger partial charge in [0, 0.05) is 18.0 Å². The van der Waals surface area contributed by atoms with Gasteiger partial charge in [0.25, 0.3) is 5.91 Å². The highest BCUT2D eigenvalue weighted by Crippen LogP contribution is 2.30. The highest BCUT2D eigenvalue weighted by atomic mass is 32.1. The number of nitrogens with zero attached hydrogens (tertiary/aromatic N) is 1. The Morgan fingerprint density at radius 3 is 2.56 bits per heavy atom. The molecule has 1 aromatic rings. The van der Waals surface area contributed by atoms with E-state index >= 15 is 0 Å². The second-order valence-electron chi connectivity index (χ2n) is 5.47. The summed E-state index contributed by atoms with van der Waals surface area (Å²) in [5.74, 6) is 0.285. The normalized spacial score (nSPS) is 20.3. The van der Waals surface area contributed by atoms with Gasteiger partial charge in [-0.25, -0.2) is 0 Å². The van der Waals surface area contributed by atoms with E-state index in [0.29, 0.717) is 0 Å². The fraction of sp³-hybridized carbons (Fsp3) is 0.667. The zero-order chi connectivity index (χ0) is 12.4. The topological polar surface area (TPSA) is 20.3 Å². The van der Waals surface area contributed by atoms with Crippen molar-refractivity contribution in [2.24, 2.45) is 0 Å². The monoisotopic (exact) mass is 263 g/mol. The van der Waals surface area contributed by atoms with Gasteiger partial charge in [0.05, 0.1) is 4.88 Å². The summed E-state index contributed by atoms with van der Waals surface area (Å²) in [5, 5.41) is 0. The highest BCUT2D eigenvalue weighted by Gasteiger charge is 2.22. The standard InChI is InChI=1S/C15H21NOS/c17-15(16-9-5-2-6-10-16)14-11-12-7-3-1-4-8-13(12)18-14/h11H,1-10H2. The maximum Gasteiger partial charge on any atom is 0.263 e. The lowest BCUT2D eigenvalue weighted by atomic mass is 10.1. The number of hydrogen-bond donors (Lipinski definition) is 0. The first kappa shape index (κ1) is 12.2. The molecule has 3 rings (SSSR count). The fourth-order valence-electron chi connectivity index (χ4n) is 3.03. The van der Waals surface area contributed by atoms with Gasteiger partial charge >= 0.3 is 0 Å². The number of carbonyl (C=O) groups excluding carboxylic acids is 1. The predicted molar refractivity (Wildman–Crippen MR) is 75.3 cm³/mol. The molecule has 0 atom stereocenters. The molecule has 1 aliphatic heterocycles. The van der Waals surface area contributed by atoms with Crippen LogP contribution in [0, 0.1) is 0 Å². The molecule has 2 aliphatic rings. The van der Waals surface area contributed by atoms with Crippen LogP contribution in [0.25, 0.3) is 0 Å². The molecule has 0 radical (unpaired) electrons. The minimum atomic E-state index is 0.285. The Balaban J connectivity index is 1.77. The molecule has 1 fully saturated rings. The molecule has 3 heteroatoms. The third kappa shape index (κ3) is 2.46. The molecule has 0 saturated carbocycles. The number of fused-ring (bicyclic) bond motifs is 1. The molecule has 2 heterocycles. The van der Waals surface area contributed by atoms with Crippen molar-refractivity contribution in [3.05, 3.63) is 21.4 Å². The number of carbonyl (C=O) groups is 1. The molecule has 0 aromatic carbocycles. The fourth-order valence-corrected chi connectivity index (χ4v) is 4.25. The zero-order valence-corrected chi connectivity index (χ0v) is 11.7. The summed E-state index contributed by atoms with van der Waals surface area (Å²) in [7, 11) is 0. The molecule has 0 spiro atoms. The molecule has 1 aliphatic carbocycles. The van der Waals surface area contributed by atoms with Gasteiger partial charge in [-0.1, -0.05) is 6.42 Å². The van der Waals surface area contributed by atoms with E-state index in [2.05, 4.69) is 11.0 Å². The predicted octanol–water partition coefficient (Wildman–Crippen LogP) is 3.64. The average molecular weight is 263 g/mol. The molecule has 18 heavy (non-hydrogen) atoms. The van der Waals surface area contributed by atoms with Crippen LogP contribution in [0.5, 0.6) is 0 Å². The smallest absolute Gasteiger partial charge is 0.263 e. The Bertz CT molecular complexity index is 408. The van der Waals surface area contributed by atoms with Crippen molar-refractivity contribution < 1.29 is 4.79 Å². The Labute approximate surface area is 113 Å². The van der Waals surface area contributed by atoms with E-state index in [9.17, 15) is 4.79 Å². The lowest BCUT2D eigenvalue weighted by Gasteiger charge is -2.26. The lowest BCUT2D eigenvalue weighted by molar-refractivity contribution is 0.0729.